The molecule has 63 heavy (non-hydrogen) atoms. The van der Waals surface area contributed by atoms with Gasteiger partial charge in [0.1, 0.15) is 11.7 Å². The van der Waals surface area contributed by atoms with Crippen molar-refractivity contribution in [1.82, 2.24) is 0 Å². The summed E-state index contributed by atoms with van der Waals surface area (Å²) in [6.45, 7) is 42.3. The molecule has 1 N–H and O–H groups in total. The van der Waals surface area contributed by atoms with Crippen molar-refractivity contribution in [2.45, 2.75) is 181 Å². The van der Waals surface area contributed by atoms with Crippen molar-refractivity contribution in [3.8, 4) is 11.8 Å². The van der Waals surface area contributed by atoms with E-state index in [-0.39, 0.29) is 45.1 Å². The van der Waals surface area contributed by atoms with E-state index in [0.29, 0.717) is 13.0 Å². The van der Waals surface area contributed by atoms with Crippen LogP contribution in [0.1, 0.15) is 119 Å². The second-order valence-corrected chi connectivity index (χ2v) is 37.0. The van der Waals surface area contributed by atoms with Crippen LogP contribution in [-0.2, 0) is 23.6 Å². The Morgan fingerprint density at radius 1 is 0.603 bits per heavy atom. The molecule has 0 aromatic heterocycles. The van der Waals surface area contributed by atoms with Crippen molar-refractivity contribution in [2.24, 2.45) is 17.8 Å². The lowest BCUT2D eigenvalue weighted by Gasteiger charge is -2.42. The molecule has 0 aliphatic rings. The fourth-order valence-electron chi connectivity index (χ4n) is 7.19. The van der Waals surface area contributed by atoms with Crippen LogP contribution in [-0.4, -0.2) is 61.6 Å². The fraction of sp³-hybridized carbons (Fsp3) is 0.600. The molecular formula is C55H88O5Si3. The Balaban J connectivity index is 1.88. The normalized spacial score (nSPS) is 16.5. The van der Waals surface area contributed by atoms with Crippen LogP contribution in [0.4, 0.5) is 0 Å². The van der Waals surface area contributed by atoms with Crippen LogP contribution in [0.3, 0.4) is 0 Å². The molecule has 0 spiro atoms. The summed E-state index contributed by atoms with van der Waals surface area (Å²) >= 11 is 0. The maximum Gasteiger partial charge on any atom is 0.192 e. The van der Waals surface area contributed by atoms with Gasteiger partial charge in [0.2, 0.25) is 0 Å². The molecule has 3 aromatic rings. The predicted molar refractivity (Wildman–Crippen MR) is 277 cm³/mol. The maximum atomic E-state index is 11.7. The number of benzene rings is 3. The minimum Gasteiger partial charge on any atom is -0.417 e. The van der Waals surface area contributed by atoms with Crippen LogP contribution in [0.5, 0.6) is 0 Å². The summed E-state index contributed by atoms with van der Waals surface area (Å²) in [6.07, 6.45) is 5.60. The molecule has 0 bridgehead atoms. The van der Waals surface area contributed by atoms with Gasteiger partial charge in [-0.05, 0) is 103 Å². The second kappa shape index (κ2) is 22.7. The second-order valence-electron chi connectivity index (χ2n) is 22.7. The van der Waals surface area contributed by atoms with Gasteiger partial charge in [0.25, 0.3) is 0 Å². The predicted octanol–water partition coefficient (Wildman–Crippen LogP) is 14.8. The van der Waals surface area contributed by atoms with Gasteiger partial charge in [-0.3, -0.25) is 0 Å². The summed E-state index contributed by atoms with van der Waals surface area (Å²) in [5, 5.41) is 12.0. The van der Waals surface area contributed by atoms with Gasteiger partial charge in [0, 0.05) is 18.9 Å². The van der Waals surface area contributed by atoms with E-state index in [9.17, 15) is 5.11 Å². The van der Waals surface area contributed by atoms with E-state index in [1.807, 2.05) is 18.2 Å². The average molecular weight is 914 g/mol. The van der Waals surface area contributed by atoms with Crippen LogP contribution in [0.2, 0.25) is 54.4 Å². The third-order valence-electron chi connectivity index (χ3n) is 14.5. The van der Waals surface area contributed by atoms with Gasteiger partial charge < -0.3 is 23.1 Å². The molecule has 0 amide bonds. The van der Waals surface area contributed by atoms with E-state index in [2.05, 4.69) is 219 Å². The largest absolute Gasteiger partial charge is 0.417 e. The minimum absolute atomic E-state index is 0.000552. The Hall–Kier alpha value is -2.59. The van der Waals surface area contributed by atoms with E-state index in [0.717, 1.165) is 36.1 Å². The summed E-state index contributed by atoms with van der Waals surface area (Å²) in [6, 6.07) is 31.5. The van der Waals surface area contributed by atoms with Crippen LogP contribution < -0.4 is 0 Å². The van der Waals surface area contributed by atoms with E-state index in [4.69, 9.17) is 18.0 Å². The molecule has 3 rings (SSSR count). The van der Waals surface area contributed by atoms with Crippen molar-refractivity contribution in [2.75, 3.05) is 13.2 Å². The zero-order chi connectivity index (χ0) is 47.5. The van der Waals surface area contributed by atoms with E-state index in [1.54, 1.807) is 0 Å². The van der Waals surface area contributed by atoms with E-state index >= 15 is 0 Å². The number of aliphatic hydroxyl groups excluding tert-OH is 1. The number of aliphatic hydroxyl groups is 1. The SMILES string of the molecule is C[C@H](/C=C/COC(c1ccccc1)(c1ccccc1)c1ccccc1)[C@H](C[C@H](O)C#C[C@H](C)[C@H](O[Si](C)(C)C(C)(C)C)[C@@H](C)CCCO[Si](C)(C)C(C)(C)C)O[Si](C)(C)C(C)(C)C. The van der Waals surface area contributed by atoms with E-state index in [1.165, 1.54) is 0 Å². The van der Waals surface area contributed by atoms with Crippen LogP contribution in [0.25, 0.3) is 0 Å². The molecule has 6 atom stereocenters. The highest BCUT2D eigenvalue weighted by atomic mass is 28.4. The molecule has 3 aromatic carbocycles. The van der Waals surface area contributed by atoms with Gasteiger partial charge in [-0.1, -0.05) is 191 Å². The highest BCUT2D eigenvalue weighted by Crippen LogP contribution is 2.43. The maximum absolute atomic E-state index is 11.7. The van der Waals surface area contributed by atoms with Gasteiger partial charge in [0.05, 0.1) is 18.8 Å². The summed E-state index contributed by atoms with van der Waals surface area (Å²) in [7, 11) is -6.14. The molecule has 0 aliphatic carbocycles. The first-order chi connectivity index (χ1) is 29.1. The molecule has 0 fully saturated rings. The van der Waals surface area contributed by atoms with Crippen molar-refractivity contribution in [3.63, 3.8) is 0 Å². The van der Waals surface area contributed by atoms with Crippen molar-refractivity contribution in [1.29, 1.82) is 0 Å². The molecule has 0 unspecified atom stereocenters. The molecule has 0 saturated carbocycles. The lowest BCUT2D eigenvalue weighted by Crippen LogP contribution is -2.47. The van der Waals surface area contributed by atoms with Gasteiger partial charge in [0.15, 0.2) is 25.0 Å². The lowest BCUT2D eigenvalue weighted by molar-refractivity contribution is 0.0314. The fourth-order valence-corrected chi connectivity index (χ4v) is 11.2. The number of hydrogen-bond acceptors (Lipinski definition) is 5. The molecule has 350 valence electrons. The number of hydrogen-bond donors (Lipinski definition) is 1. The molecule has 0 aliphatic heterocycles. The summed E-state index contributed by atoms with van der Waals surface area (Å²) in [4.78, 5) is 0. The van der Waals surface area contributed by atoms with Gasteiger partial charge in [-0.15, -0.1) is 0 Å². The Morgan fingerprint density at radius 3 is 1.46 bits per heavy atom. The summed E-state index contributed by atoms with van der Waals surface area (Å²) in [5.74, 6) is 7.05. The Labute approximate surface area is 389 Å². The molecule has 0 radical (unpaired) electrons. The number of ether oxygens (including phenoxy) is 1. The monoisotopic (exact) mass is 913 g/mol. The third-order valence-corrected chi connectivity index (χ3v) is 28.0. The smallest absolute Gasteiger partial charge is 0.192 e. The quantitative estimate of drug-likeness (QED) is 0.0379. The summed E-state index contributed by atoms with van der Waals surface area (Å²) < 4.78 is 27.9. The zero-order valence-corrected chi connectivity index (χ0v) is 45.9. The Morgan fingerprint density at radius 2 is 1.03 bits per heavy atom. The first-order valence-corrected chi connectivity index (χ1v) is 32.4. The van der Waals surface area contributed by atoms with Crippen LogP contribution in [0, 0.1) is 29.6 Å². The highest BCUT2D eigenvalue weighted by Gasteiger charge is 2.43. The molecule has 8 heteroatoms. The van der Waals surface area contributed by atoms with Crippen LogP contribution in [0.15, 0.2) is 103 Å². The first kappa shape index (κ1) is 54.7. The molecule has 0 saturated heterocycles. The van der Waals surface area contributed by atoms with Crippen LogP contribution >= 0.6 is 0 Å². The molecule has 0 heterocycles. The van der Waals surface area contributed by atoms with Crippen molar-refractivity contribution >= 4 is 25.0 Å². The number of rotatable bonds is 21. The zero-order valence-electron chi connectivity index (χ0n) is 42.9. The van der Waals surface area contributed by atoms with Gasteiger partial charge in [-0.25, -0.2) is 0 Å². The highest BCUT2D eigenvalue weighted by molar-refractivity contribution is 6.75. The standard InChI is InChI=1S/C55H88O5Si3/c1-43(30-28-40-57-55(46-32-22-19-23-33-46,47-34-24-20-25-35-47)48-36-26-21-27-37-48)50(59-62(15,16)53(7,8)9)42-49(56)39-38-45(3)51(60-63(17,18)54(10,11)12)44(2)31-29-41-58-61(13,14)52(4,5)6/h19-28,30,32-37,43-45,49-51,56H,29,31,40-42H2,1-18H3/b30-28+/t43-,44+,45+,49-,50+,51-/m1/s1. The Bertz CT molecular complexity index is 1780. The topological polar surface area (TPSA) is 57.2 Å². The minimum atomic E-state index is -2.22. The average Bonchev–Trinajstić information content (AvgIpc) is 3.20. The Kier molecular flexibility index (Phi) is 19.8. The van der Waals surface area contributed by atoms with Gasteiger partial charge in [-0.2, -0.15) is 0 Å². The third kappa shape index (κ3) is 15.2. The molecular weight excluding hydrogens is 825 g/mol. The van der Waals surface area contributed by atoms with Gasteiger partial charge >= 0.3 is 0 Å². The molecule has 5 nitrogen and oxygen atoms in total. The summed E-state index contributed by atoms with van der Waals surface area (Å²) in [5.41, 5.74) is 2.40. The first-order valence-electron chi connectivity index (χ1n) is 23.7. The van der Waals surface area contributed by atoms with Crippen molar-refractivity contribution < 1.29 is 23.1 Å². The lowest BCUT2D eigenvalue weighted by atomic mass is 9.80. The van der Waals surface area contributed by atoms with Crippen molar-refractivity contribution in [3.05, 3.63) is 120 Å². The van der Waals surface area contributed by atoms with E-state index < -0.39 is 36.7 Å².